The summed E-state index contributed by atoms with van der Waals surface area (Å²) in [5.74, 6) is -4.02. The number of rotatable bonds is 21. The normalized spacial score (nSPS) is 17.9. The zero-order valence-corrected chi connectivity index (χ0v) is 45.0. The standard InChI is InChI=1S/C53H65N9O10P2S/c1-3-17-42(47(59-60-51(68)58-53(73)74)49(66)54-29-44(64)56-45(32(2)63)33-18-7-4-8-19-33)55-48(65)43-28-35(61-75(70,71)36-22-11-6-12-23-36)30-62(43)50(67)46(34-20-9-5-10-21-34)57-52(69)72-31-41-39-26-15-13-24-37(39)38-25-14-16-27-40(38)41/h4,6-8,11-16,18-19,22-27,34-35,41-43,45-46,53,61H,3,5,9-10,17,20-21,28-31,73-74H2,1-2H3,(H,54,66)(H,55,65)(H,56,64)(H,57,69)(H2,58,60,68)/t35-,42+,43?,45-,46+/m1/s1. The third-order valence-corrected chi connectivity index (χ3v) is 15.4. The average Bonchev–Trinajstić information content (AvgIpc) is 3.98. The van der Waals surface area contributed by atoms with Gasteiger partial charge >= 0.3 is 12.1 Å². The molecule has 7 rings (SSSR count). The molecule has 2 aliphatic carbocycles. The average molecular weight is 1080 g/mol. The number of carbonyl (C=O) groups is 7. The first-order valence-electron chi connectivity index (χ1n) is 25.1. The Labute approximate surface area is 441 Å². The van der Waals surface area contributed by atoms with Crippen LogP contribution in [0.3, 0.4) is 0 Å². The number of Topliss-reactive ketones (excluding diaryl/α,β-unsaturated/α-hetero) is 1. The number of hydrogen-bond acceptors (Lipinski definition) is 11. The second-order valence-electron chi connectivity index (χ2n) is 18.9. The number of urea groups is 1. The molecule has 2 fully saturated rings. The molecule has 19 nitrogen and oxygen atoms in total. The predicted octanol–water partition coefficient (Wildman–Crippen LogP) is 4.96. The number of hydrazone groups is 1. The Morgan fingerprint density at radius 1 is 0.773 bits per heavy atom. The van der Waals surface area contributed by atoms with E-state index in [0.717, 1.165) is 41.5 Å². The van der Waals surface area contributed by atoms with Crippen LogP contribution in [0.15, 0.2) is 119 Å². The van der Waals surface area contributed by atoms with Crippen LogP contribution in [-0.4, -0.2) is 110 Å². The van der Waals surface area contributed by atoms with Crippen molar-refractivity contribution in [2.75, 3.05) is 19.7 Å². The van der Waals surface area contributed by atoms with Gasteiger partial charge in [0.2, 0.25) is 27.7 Å². The Morgan fingerprint density at radius 2 is 1.39 bits per heavy atom. The molecule has 3 unspecified atom stereocenters. The van der Waals surface area contributed by atoms with E-state index in [4.69, 9.17) is 4.74 Å². The number of alkyl carbamates (subject to hydrolysis) is 1. The molecule has 0 aromatic heterocycles. The van der Waals surface area contributed by atoms with Crippen LogP contribution in [0.4, 0.5) is 9.59 Å². The van der Waals surface area contributed by atoms with E-state index in [1.807, 2.05) is 48.5 Å². The summed E-state index contributed by atoms with van der Waals surface area (Å²) in [6.07, 6.45) is 3.11. The van der Waals surface area contributed by atoms with Crippen molar-refractivity contribution in [1.82, 2.24) is 41.6 Å². The summed E-state index contributed by atoms with van der Waals surface area (Å²) in [7, 11) is 0.536. The molecule has 0 radical (unpaired) electrons. The minimum absolute atomic E-state index is 0.0109. The number of fused-ring (bicyclic) bond motifs is 3. The Morgan fingerprint density at radius 3 is 2.00 bits per heavy atom. The number of carbonyl (C=O) groups excluding carboxylic acids is 7. The first kappa shape index (κ1) is 56.1. The van der Waals surface area contributed by atoms with Gasteiger partial charge in [-0.1, -0.05) is 130 Å². The molecule has 22 heteroatoms. The maximum absolute atomic E-state index is 15.2. The van der Waals surface area contributed by atoms with Crippen molar-refractivity contribution < 1.29 is 46.7 Å². The lowest BCUT2D eigenvalue weighted by molar-refractivity contribution is -0.141. The number of nitrogens with one attached hydrogen (secondary N) is 7. The molecule has 7 N–H and O–H groups in total. The minimum atomic E-state index is -4.16. The molecule has 1 saturated carbocycles. The van der Waals surface area contributed by atoms with Gasteiger partial charge in [0.15, 0.2) is 5.78 Å². The van der Waals surface area contributed by atoms with Crippen LogP contribution in [0, 0.1) is 5.92 Å². The van der Waals surface area contributed by atoms with Crippen LogP contribution < -0.4 is 36.7 Å². The number of amides is 7. The SMILES string of the molecule is CCC[C@H](NC(=O)C1C[C@@H](NS(=O)(=O)c2ccccc2)CN1C(=O)[C@@H](NC(=O)OCC1c2ccccc2-c2ccccc21)C1CCCCC1)C(=NNC(=O)NC(P)P)C(=O)NCC(=O)N[C@H](C(C)=O)c1ccccc1. The Hall–Kier alpha value is -6.59. The van der Waals surface area contributed by atoms with Gasteiger partial charge < -0.3 is 36.2 Å². The highest BCUT2D eigenvalue weighted by Crippen LogP contribution is 2.44. The van der Waals surface area contributed by atoms with E-state index in [1.54, 1.807) is 55.5 Å². The number of benzene rings is 4. The smallest absolute Gasteiger partial charge is 0.407 e. The van der Waals surface area contributed by atoms with E-state index in [1.165, 1.54) is 24.0 Å². The molecular formula is C53H65N9O10P2S. The van der Waals surface area contributed by atoms with Gasteiger partial charge in [-0.25, -0.2) is 28.2 Å². The highest BCUT2D eigenvalue weighted by atomic mass is 32.2. The fourth-order valence-electron chi connectivity index (χ4n) is 10.0. The van der Waals surface area contributed by atoms with Gasteiger partial charge in [0.1, 0.15) is 30.4 Å². The first-order valence-corrected chi connectivity index (χ1v) is 27.9. The Kier molecular flexibility index (Phi) is 19.7. The van der Waals surface area contributed by atoms with Crippen LogP contribution >= 0.6 is 18.5 Å². The third-order valence-electron chi connectivity index (χ3n) is 13.6. The van der Waals surface area contributed by atoms with E-state index in [-0.39, 0.29) is 48.5 Å². The van der Waals surface area contributed by atoms with E-state index in [9.17, 15) is 37.2 Å². The monoisotopic (exact) mass is 1080 g/mol. The van der Waals surface area contributed by atoms with Crippen LogP contribution in [0.5, 0.6) is 0 Å². The molecule has 1 saturated heterocycles. The highest BCUT2D eigenvalue weighted by Gasteiger charge is 2.46. The number of ketones is 1. The van der Waals surface area contributed by atoms with Gasteiger partial charge in [-0.05, 0) is 78.5 Å². The number of sulfonamides is 1. The summed E-state index contributed by atoms with van der Waals surface area (Å²) < 4.78 is 36.1. The van der Waals surface area contributed by atoms with Crippen molar-refractivity contribution in [3.05, 3.63) is 126 Å². The molecule has 1 aliphatic heterocycles. The van der Waals surface area contributed by atoms with E-state index >= 15 is 4.79 Å². The van der Waals surface area contributed by atoms with Crippen LogP contribution in [0.25, 0.3) is 11.1 Å². The van der Waals surface area contributed by atoms with Gasteiger partial charge in [0.25, 0.3) is 5.91 Å². The number of ether oxygens (including phenoxy) is 1. The lowest BCUT2D eigenvalue weighted by atomic mass is 9.83. The highest BCUT2D eigenvalue weighted by molar-refractivity contribution is 7.89. The molecule has 75 heavy (non-hydrogen) atoms. The van der Waals surface area contributed by atoms with E-state index in [0.29, 0.717) is 24.8 Å². The van der Waals surface area contributed by atoms with Crippen molar-refractivity contribution in [3.8, 4) is 11.1 Å². The molecule has 7 amide bonds. The molecular weight excluding hydrogens is 1020 g/mol. The largest absolute Gasteiger partial charge is 0.449 e. The first-order chi connectivity index (χ1) is 36.0. The minimum Gasteiger partial charge on any atom is -0.449 e. The molecule has 4 aromatic rings. The fourth-order valence-corrected chi connectivity index (χ4v) is 11.6. The second kappa shape index (κ2) is 26.3. The number of likely N-dealkylation sites (tertiary alicyclic amines) is 1. The second-order valence-corrected chi connectivity index (χ2v) is 22.8. The number of hydrogen-bond donors (Lipinski definition) is 7. The van der Waals surface area contributed by atoms with Crippen molar-refractivity contribution in [1.29, 1.82) is 0 Å². The lowest BCUT2D eigenvalue weighted by Crippen LogP contribution is -2.58. The van der Waals surface area contributed by atoms with Crippen LogP contribution in [-0.2, 0) is 38.7 Å². The van der Waals surface area contributed by atoms with E-state index in [2.05, 4.69) is 60.3 Å². The zero-order valence-electron chi connectivity index (χ0n) is 41.8. The summed E-state index contributed by atoms with van der Waals surface area (Å²) in [6.45, 7) is 2.21. The summed E-state index contributed by atoms with van der Waals surface area (Å²) in [6, 6.07) is 25.5. The molecule has 398 valence electrons. The fraction of sp³-hybridized carbons (Fsp3) is 0.396. The molecule has 1 heterocycles. The predicted molar refractivity (Wildman–Crippen MR) is 289 cm³/mol. The van der Waals surface area contributed by atoms with E-state index < -0.39 is 93.8 Å². The Balaban J connectivity index is 1.14. The maximum Gasteiger partial charge on any atom is 0.407 e. The van der Waals surface area contributed by atoms with Crippen molar-refractivity contribution in [2.24, 2.45) is 11.0 Å². The summed E-state index contributed by atoms with van der Waals surface area (Å²) in [4.78, 5) is 98.1. The quantitative estimate of drug-likeness (QED) is 0.0335. The van der Waals surface area contributed by atoms with Crippen molar-refractivity contribution in [2.45, 2.75) is 112 Å². The van der Waals surface area contributed by atoms with Crippen molar-refractivity contribution >= 4 is 75.8 Å². The number of nitrogens with zero attached hydrogens (tertiary/aromatic N) is 2. The molecule has 0 bridgehead atoms. The van der Waals surface area contributed by atoms with Gasteiger partial charge in [0, 0.05) is 18.5 Å². The van der Waals surface area contributed by atoms with Crippen LogP contribution in [0.2, 0.25) is 0 Å². The van der Waals surface area contributed by atoms with Gasteiger partial charge in [-0.3, -0.25) is 24.0 Å². The molecule has 4 aromatic carbocycles. The maximum atomic E-state index is 15.2. The topological polar surface area (TPSA) is 263 Å². The van der Waals surface area contributed by atoms with Crippen molar-refractivity contribution in [3.63, 3.8) is 0 Å². The van der Waals surface area contributed by atoms with Gasteiger partial charge in [-0.2, -0.15) is 5.10 Å². The molecule has 7 atom stereocenters. The Bertz CT molecular complexity index is 2810. The van der Waals surface area contributed by atoms with Gasteiger partial charge in [0.05, 0.1) is 23.0 Å². The summed E-state index contributed by atoms with van der Waals surface area (Å²) in [5, 5.41) is 17.5. The summed E-state index contributed by atoms with van der Waals surface area (Å²) in [5.41, 5.74) is 6.02. The van der Waals surface area contributed by atoms with Crippen LogP contribution in [0.1, 0.15) is 93.9 Å². The lowest BCUT2D eigenvalue weighted by Gasteiger charge is -2.34. The summed E-state index contributed by atoms with van der Waals surface area (Å²) >= 11 is 0. The third kappa shape index (κ3) is 14.6. The molecule has 3 aliphatic rings. The zero-order chi connectivity index (χ0) is 53.6. The molecule has 0 spiro atoms. The van der Waals surface area contributed by atoms with Gasteiger partial charge in [-0.15, -0.1) is 18.5 Å².